The minimum atomic E-state index is -0.702. The van der Waals surface area contributed by atoms with Crippen molar-refractivity contribution in [1.82, 2.24) is 15.0 Å². The number of hydrogen-bond donors (Lipinski definition) is 2. The van der Waals surface area contributed by atoms with Gasteiger partial charge in [0.2, 0.25) is 0 Å². The van der Waals surface area contributed by atoms with Gasteiger partial charge in [0.05, 0.1) is 17.8 Å². The van der Waals surface area contributed by atoms with Crippen molar-refractivity contribution in [3.05, 3.63) is 78.5 Å². The molecule has 0 saturated carbocycles. The summed E-state index contributed by atoms with van der Waals surface area (Å²) in [7, 11) is 0. The molecular formula is C21H19N3O2. The Balaban J connectivity index is 1.72. The number of aliphatic hydroxyl groups is 1. The first-order valence-electron chi connectivity index (χ1n) is 8.51. The Labute approximate surface area is 151 Å². The van der Waals surface area contributed by atoms with Gasteiger partial charge in [0, 0.05) is 0 Å². The van der Waals surface area contributed by atoms with Crippen LogP contribution in [0.15, 0.2) is 72.9 Å². The first-order chi connectivity index (χ1) is 12.6. The number of fused-ring (bicyclic) bond motifs is 1. The first-order valence-corrected chi connectivity index (χ1v) is 8.51. The van der Waals surface area contributed by atoms with Gasteiger partial charge in [0.25, 0.3) is 0 Å². The highest BCUT2D eigenvalue weighted by Crippen LogP contribution is 2.36. The average Bonchev–Trinajstić information content (AvgIpc) is 3.17. The molecule has 4 aromatic rings. The van der Waals surface area contributed by atoms with Crippen LogP contribution >= 0.6 is 0 Å². The third kappa shape index (κ3) is 2.82. The van der Waals surface area contributed by atoms with E-state index >= 15 is 0 Å². The topological polar surface area (TPSA) is 71.2 Å². The Hall–Kier alpha value is -3.18. The molecule has 0 aliphatic rings. The number of aliphatic hydroxyl groups excluding tert-OH is 1. The van der Waals surface area contributed by atoms with Crippen molar-refractivity contribution in [3.63, 3.8) is 0 Å². The maximum absolute atomic E-state index is 10.6. The van der Waals surface area contributed by atoms with E-state index in [1.807, 2.05) is 67.6 Å². The van der Waals surface area contributed by atoms with E-state index in [0.29, 0.717) is 11.3 Å². The molecule has 0 aliphatic heterocycles. The van der Waals surface area contributed by atoms with Crippen molar-refractivity contribution in [2.24, 2.45) is 0 Å². The fraction of sp³-hybridized carbons (Fsp3) is 0.143. The predicted octanol–water partition coefficient (Wildman–Crippen LogP) is 4.10. The molecule has 0 spiro atoms. The smallest absolute Gasteiger partial charge is 0.125 e. The number of nitrogens with zero attached hydrogens (tertiary/aromatic N) is 3. The van der Waals surface area contributed by atoms with E-state index in [9.17, 15) is 10.2 Å². The summed E-state index contributed by atoms with van der Waals surface area (Å²) in [5.74, 6) is 0.159. The van der Waals surface area contributed by atoms with Crippen LogP contribution in [0.2, 0.25) is 0 Å². The molecule has 5 nitrogen and oxygen atoms in total. The van der Waals surface area contributed by atoms with Crippen molar-refractivity contribution < 1.29 is 10.2 Å². The second-order valence-electron chi connectivity index (χ2n) is 6.36. The second-order valence-corrected chi connectivity index (χ2v) is 6.36. The Morgan fingerprint density at radius 3 is 2.46 bits per heavy atom. The van der Waals surface area contributed by atoms with Crippen LogP contribution in [0.1, 0.15) is 24.6 Å². The summed E-state index contributed by atoms with van der Waals surface area (Å²) in [6.45, 7) is 1.89. The zero-order valence-corrected chi connectivity index (χ0v) is 14.3. The largest absolute Gasteiger partial charge is 0.507 e. The standard InChI is InChI=1S/C21H19N3O2/c1-14(21(26)16-8-3-2-4-9-16)24-13-18(22-23-24)20-17-10-6-5-7-15(17)11-12-19(20)25/h2-14,21,25-26H,1H3/t14-,21-/m0/s1. The molecule has 1 aromatic heterocycles. The number of rotatable bonds is 4. The van der Waals surface area contributed by atoms with Crippen molar-refractivity contribution >= 4 is 10.8 Å². The normalized spacial score (nSPS) is 13.6. The van der Waals surface area contributed by atoms with Crippen molar-refractivity contribution in [2.45, 2.75) is 19.1 Å². The monoisotopic (exact) mass is 345 g/mol. The maximum atomic E-state index is 10.6. The fourth-order valence-electron chi connectivity index (χ4n) is 3.19. The fourth-order valence-corrected chi connectivity index (χ4v) is 3.19. The minimum Gasteiger partial charge on any atom is -0.507 e. The summed E-state index contributed by atoms with van der Waals surface area (Å²) < 4.78 is 1.63. The molecule has 0 aliphatic carbocycles. The summed E-state index contributed by atoms with van der Waals surface area (Å²) in [5.41, 5.74) is 2.05. The number of phenolic OH excluding ortho intramolecular Hbond substituents is 1. The highest BCUT2D eigenvalue weighted by Gasteiger charge is 2.21. The lowest BCUT2D eigenvalue weighted by Gasteiger charge is -2.18. The molecular weight excluding hydrogens is 326 g/mol. The highest BCUT2D eigenvalue weighted by molar-refractivity contribution is 5.98. The van der Waals surface area contributed by atoms with Crippen LogP contribution in [-0.4, -0.2) is 25.2 Å². The number of hydrogen-bond acceptors (Lipinski definition) is 4. The molecule has 0 saturated heterocycles. The molecule has 26 heavy (non-hydrogen) atoms. The first kappa shape index (κ1) is 16.3. The van der Waals surface area contributed by atoms with Gasteiger partial charge >= 0.3 is 0 Å². The summed E-state index contributed by atoms with van der Waals surface area (Å²) in [5, 5.41) is 31.3. The molecule has 4 rings (SSSR count). The summed E-state index contributed by atoms with van der Waals surface area (Å²) in [4.78, 5) is 0. The SMILES string of the molecule is C[C@@H]([C@H](O)c1ccccc1)n1cc(-c2c(O)ccc3ccccc23)nn1. The molecule has 0 amide bonds. The maximum Gasteiger partial charge on any atom is 0.125 e. The zero-order valence-electron chi connectivity index (χ0n) is 14.3. The van der Waals surface area contributed by atoms with E-state index in [0.717, 1.165) is 16.3 Å². The summed E-state index contributed by atoms with van der Waals surface area (Å²) >= 11 is 0. The predicted molar refractivity (Wildman–Crippen MR) is 101 cm³/mol. The molecule has 2 N–H and O–H groups in total. The van der Waals surface area contributed by atoms with Crippen LogP contribution in [0.5, 0.6) is 5.75 Å². The van der Waals surface area contributed by atoms with Crippen LogP contribution in [0.25, 0.3) is 22.0 Å². The molecule has 0 unspecified atom stereocenters. The molecule has 0 bridgehead atoms. The van der Waals surface area contributed by atoms with Crippen LogP contribution in [0, 0.1) is 0 Å². The Bertz CT molecular complexity index is 1040. The van der Waals surface area contributed by atoms with Crippen molar-refractivity contribution in [2.75, 3.05) is 0 Å². The van der Waals surface area contributed by atoms with E-state index < -0.39 is 6.10 Å². The van der Waals surface area contributed by atoms with Crippen LogP contribution in [-0.2, 0) is 0 Å². The lowest BCUT2D eigenvalue weighted by Crippen LogP contribution is -2.15. The molecule has 1 heterocycles. The quantitative estimate of drug-likeness (QED) is 0.584. The Kier molecular flexibility index (Phi) is 4.14. The van der Waals surface area contributed by atoms with E-state index in [2.05, 4.69) is 10.3 Å². The van der Waals surface area contributed by atoms with Crippen LogP contribution < -0.4 is 0 Å². The van der Waals surface area contributed by atoms with E-state index in [1.54, 1.807) is 16.9 Å². The van der Waals surface area contributed by atoms with Gasteiger partial charge in [0.15, 0.2) is 0 Å². The van der Waals surface area contributed by atoms with Crippen molar-refractivity contribution in [3.8, 4) is 17.0 Å². The molecule has 0 radical (unpaired) electrons. The molecule has 5 heteroatoms. The van der Waals surface area contributed by atoms with Gasteiger partial charge in [-0.05, 0) is 29.3 Å². The number of aromatic hydroxyl groups is 1. The Morgan fingerprint density at radius 1 is 0.923 bits per heavy atom. The lowest BCUT2D eigenvalue weighted by molar-refractivity contribution is 0.114. The highest BCUT2D eigenvalue weighted by atomic mass is 16.3. The number of benzene rings is 3. The van der Waals surface area contributed by atoms with Crippen LogP contribution in [0.4, 0.5) is 0 Å². The zero-order chi connectivity index (χ0) is 18.1. The van der Waals surface area contributed by atoms with Crippen LogP contribution in [0.3, 0.4) is 0 Å². The molecule has 2 atom stereocenters. The third-order valence-electron chi connectivity index (χ3n) is 4.69. The van der Waals surface area contributed by atoms with E-state index in [1.165, 1.54) is 0 Å². The van der Waals surface area contributed by atoms with Gasteiger partial charge in [-0.15, -0.1) is 5.10 Å². The Morgan fingerprint density at radius 2 is 1.65 bits per heavy atom. The summed E-state index contributed by atoms with van der Waals surface area (Å²) in [6.07, 6.45) is 1.06. The van der Waals surface area contributed by atoms with Gasteiger partial charge in [-0.3, -0.25) is 0 Å². The summed E-state index contributed by atoms with van der Waals surface area (Å²) in [6, 6.07) is 20.5. The van der Waals surface area contributed by atoms with E-state index in [4.69, 9.17) is 0 Å². The second kappa shape index (κ2) is 6.61. The molecule has 130 valence electrons. The van der Waals surface area contributed by atoms with Gasteiger partial charge in [-0.2, -0.15) is 0 Å². The van der Waals surface area contributed by atoms with E-state index in [-0.39, 0.29) is 11.8 Å². The lowest BCUT2D eigenvalue weighted by atomic mass is 10.0. The number of phenols is 1. The molecule has 3 aromatic carbocycles. The average molecular weight is 345 g/mol. The minimum absolute atomic E-state index is 0.159. The van der Waals surface area contributed by atoms with Gasteiger partial charge in [0.1, 0.15) is 17.5 Å². The van der Waals surface area contributed by atoms with Gasteiger partial charge in [-0.25, -0.2) is 4.68 Å². The number of aromatic nitrogens is 3. The van der Waals surface area contributed by atoms with Crippen molar-refractivity contribution in [1.29, 1.82) is 0 Å². The van der Waals surface area contributed by atoms with Gasteiger partial charge in [-0.1, -0.05) is 65.9 Å². The molecule has 0 fully saturated rings. The van der Waals surface area contributed by atoms with Gasteiger partial charge < -0.3 is 10.2 Å². The third-order valence-corrected chi connectivity index (χ3v) is 4.69.